The molecule has 8 heteroatoms. The molecule has 8 nitrogen and oxygen atoms in total. The number of ether oxygens (including phenoxy) is 1. The van der Waals surface area contributed by atoms with Crippen molar-refractivity contribution >= 4 is 17.5 Å². The number of rotatable bonds is 6. The van der Waals surface area contributed by atoms with Gasteiger partial charge in [-0.25, -0.2) is 0 Å². The Morgan fingerprint density at radius 2 is 1.67 bits per heavy atom. The molecular weight excluding hydrogens is 418 g/mol. The van der Waals surface area contributed by atoms with Gasteiger partial charge in [0.15, 0.2) is 0 Å². The van der Waals surface area contributed by atoms with Crippen LogP contribution in [0.5, 0.6) is 0 Å². The number of anilines is 1. The van der Waals surface area contributed by atoms with Crippen LogP contribution >= 0.6 is 0 Å². The van der Waals surface area contributed by atoms with Crippen molar-refractivity contribution in [2.24, 2.45) is 5.92 Å². The van der Waals surface area contributed by atoms with E-state index in [0.717, 1.165) is 24.1 Å². The molecule has 1 fully saturated rings. The van der Waals surface area contributed by atoms with Crippen molar-refractivity contribution < 1.29 is 14.3 Å². The minimum absolute atomic E-state index is 0.0176. The largest absolute Gasteiger partial charge is 0.370 e. The first kappa shape index (κ1) is 22.7. The molecule has 33 heavy (non-hydrogen) atoms. The van der Waals surface area contributed by atoms with E-state index in [1.807, 2.05) is 36.4 Å². The number of aromatic nitrogens is 3. The fourth-order valence-electron chi connectivity index (χ4n) is 4.11. The second kappa shape index (κ2) is 9.95. The lowest BCUT2D eigenvalue weighted by molar-refractivity contribution is -0.123. The quantitative estimate of drug-likeness (QED) is 0.597. The summed E-state index contributed by atoms with van der Waals surface area (Å²) in [7, 11) is 0. The van der Waals surface area contributed by atoms with Crippen LogP contribution < -0.4 is 10.6 Å². The summed E-state index contributed by atoms with van der Waals surface area (Å²) in [5.74, 6) is 0.160. The molecule has 2 amide bonds. The minimum atomic E-state index is -0.183. The van der Waals surface area contributed by atoms with Crippen LogP contribution in [0, 0.1) is 5.92 Å². The average Bonchev–Trinajstić information content (AvgIpc) is 3.34. The molecule has 2 heterocycles. The Labute approximate surface area is 193 Å². The Hall–Kier alpha value is -3.52. The molecule has 1 aliphatic heterocycles. The lowest BCUT2D eigenvalue weighted by Crippen LogP contribution is -2.43. The van der Waals surface area contributed by atoms with Gasteiger partial charge in [0.1, 0.15) is 12.7 Å². The smallest absolute Gasteiger partial charge is 0.255 e. The van der Waals surface area contributed by atoms with Gasteiger partial charge < -0.3 is 15.4 Å². The molecule has 0 spiro atoms. The van der Waals surface area contributed by atoms with E-state index in [4.69, 9.17) is 4.74 Å². The third-order valence-corrected chi connectivity index (χ3v) is 5.89. The van der Waals surface area contributed by atoms with Crippen LogP contribution in [0.3, 0.4) is 0 Å². The summed E-state index contributed by atoms with van der Waals surface area (Å²) >= 11 is 0. The number of nitrogens with zero attached hydrogens (tertiary/aromatic N) is 3. The Kier molecular flexibility index (Phi) is 6.84. The molecule has 0 aliphatic carbocycles. The van der Waals surface area contributed by atoms with Gasteiger partial charge in [0.2, 0.25) is 5.91 Å². The van der Waals surface area contributed by atoms with Crippen LogP contribution in [0.1, 0.15) is 55.6 Å². The Morgan fingerprint density at radius 3 is 2.27 bits per heavy atom. The molecule has 2 aromatic carbocycles. The van der Waals surface area contributed by atoms with E-state index in [9.17, 15) is 9.59 Å². The fraction of sp³-hybridized carbons (Fsp3) is 0.360. The maximum atomic E-state index is 12.7. The highest BCUT2D eigenvalue weighted by Crippen LogP contribution is 2.34. The van der Waals surface area contributed by atoms with Gasteiger partial charge in [0.25, 0.3) is 5.91 Å². The van der Waals surface area contributed by atoms with Crippen molar-refractivity contribution in [1.29, 1.82) is 0 Å². The topological polar surface area (TPSA) is 98.1 Å². The maximum absolute atomic E-state index is 12.7. The number of hydrogen-bond donors (Lipinski definition) is 2. The van der Waals surface area contributed by atoms with Gasteiger partial charge in [-0.3, -0.25) is 14.2 Å². The number of carbonyl (C=O) groups excluding carboxylic acids is 2. The van der Waals surface area contributed by atoms with Crippen molar-refractivity contribution in [3.63, 3.8) is 0 Å². The summed E-state index contributed by atoms with van der Waals surface area (Å²) in [5, 5.41) is 13.6. The molecule has 1 aromatic heterocycles. The lowest BCUT2D eigenvalue weighted by atomic mass is 9.90. The summed E-state index contributed by atoms with van der Waals surface area (Å²) in [5.41, 5.74) is 3.18. The van der Waals surface area contributed by atoms with Gasteiger partial charge in [-0.15, -0.1) is 10.2 Å². The van der Waals surface area contributed by atoms with Crippen LogP contribution in [0.15, 0.2) is 61.2 Å². The van der Waals surface area contributed by atoms with Crippen molar-refractivity contribution in [1.82, 2.24) is 20.1 Å². The molecule has 0 saturated carbocycles. The molecule has 172 valence electrons. The second-order valence-electron chi connectivity index (χ2n) is 8.77. The molecule has 1 saturated heterocycles. The van der Waals surface area contributed by atoms with Gasteiger partial charge in [0.05, 0.1) is 12.2 Å². The molecule has 0 unspecified atom stereocenters. The normalized spacial score (nSPS) is 20.4. The van der Waals surface area contributed by atoms with Crippen molar-refractivity contribution in [2.75, 3.05) is 5.32 Å². The van der Waals surface area contributed by atoms with Gasteiger partial charge in [-0.05, 0) is 60.7 Å². The molecule has 0 bridgehead atoms. The highest BCUT2D eigenvalue weighted by molar-refractivity contribution is 6.04. The average molecular weight is 448 g/mol. The van der Waals surface area contributed by atoms with Crippen LogP contribution in [0.2, 0.25) is 0 Å². The van der Waals surface area contributed by atoms with Crippen molar-refractivity contribution in [2.45, 2.75) is 51.9 Å². The number of amides is 2. The molecule has 3 atom stereocenters. The molecule has 2 N–H and O–H groups in total. The van der Waals surface area contributed by atoms with E-state index < -0.39 is 0 Å². The first-order valence-corrected chi connectivity index (χ1v) is 11.2. The highest BCUT2D eigenvalue weighted by Gasteiger charge is 2.32. The van der Waals surface area contributed by atoms with Crippen molar-refractivity contribution in [3.8, 4) is 5.69 Å². The van der Waals surface area contributed by atoms with E-state index >= 15 is 0 Å². The van der Waals surface area contributed by atoms with E-state index in [2.05, 4.69) is 34.7 Å². The monoisotopic (exact) mass is 447 g/mol. The Morgan fingerprint density at radius 1 is 1.00 bits per heavy atom. The third-order valence-electron chi connectivity index (χ3n) is 5.89. The van der Waals surface area contributed by atoms with Crippen LogP contribution in [-0.4, -0.2) is 38.7 Å². The first-order chi connectivity index (χ1) is 15.9. The van der Waals surface area contributed by atoms with Gasteiger partial charge in [-0.2, -0.15) is 0 Å². The lowest BCUT2D eigenvalue weighted by Gasteiger charge is -2.37. The predicted molar refractivity (Wildman–Crippen MR) is 125 cm³/mol. The summed E-state index contributed by atoms with van der Waals surface area (Å²) in [6.07, 6.45) is 4.74. The second-order valence-corrected chi connectivity index (χ2v) is 8.77. The van der Waals surface area contributed by atoms with Gasteiger partial charge >= 0.3 is 0 Å². The molecule has 4 rings (SSSR count). The van der Waals surface area contributed by atoms with E-state index in [1.54, 1.807) is 36.3 Å². The Balaban J connectivity index is 1.41. The maximum Gasteiger partial charge on any atom is 0.255 e. The highest BCUT2D eigenvalue weighted by atomic mass is 16.5. The summed E-state index contributed by atoms with van der Waals surface area (Å²) in [6, 6.07) is 15.0. The summed E-state index contributed by atoms with van der Waals surface area (Å²) in [4.78, 5) is 24.2. The standard InChI is InChI=1S/C25H29N5O3/c1-16(2)23-12-21(28-17(3)31)13-24(33-23)18-4-8-20(9-5-18)29-25(32)19-6-10-22(11-7-19)30-14-26-27-15-30/h4-11,14-16,21,23-24H,12-13H2,1-3H3,(H,28,31)(H,29,32)/t21-,23-,24+/m1/s1. The SMILES string of the molecule is CC(=O)N[C@H]1C[C@@H](c2ccc(NC(=O)c3ccc(-n4cnnc4)cc3)cc2)O[C@@H](C(C)C)C1. The zero-order valence-electron chi connectivity index (χ0n) is 19.1. The zero-order chi connectivity index (χ0) is 23.4. The minimum Gasteiger partial charge on any atom is -0.370 e. The van der Waals surface area contributed by atoms with E-state index in [-0.39, 0.29) is 30.1 Å². The van der Waals surface area contributed by atoms with Crippen LogP contribution in [0.4, 0.5) is 5.69 Å². The predicted octanol–water partition coefficient (Wildman–Crippen LogP) is 3.90. The fourth-order valence-corrected chi connectivity index (χ4v) is 4.11. The summed E-state index contributed by atoms with van der Waals surface area (Å²) in [6.45, 7) is 5.82. The molecule has 3 aromatic rings. The molecular formula is C25H29N5O3. The van der Waals surface area contributed by atoms with Crippen LogP contribution in [-0.2, 0) is 9.53 Å². The number of nitrogens with one attached hydrogen (secondary N) is 2. The number of benzene rings is 2. The number of hydrogen-bond acceptors (Lipinski definition) is 5. The molecule has 0 radical (unpaired) electrons. The zero-order valence-corrected chi connectivity index (χ0v) is 19.1. The summed E-state index contributed by atoms with van der Waals surface area (Å²) < 4.78 is 8.10. The Bertz CT molecular complexity index is 1080. The van der Waals surface area contributed by atoms with E-state index in [0.29, 0.717) is 17.2 Å². The first-order valence-electron chi connectivity index (χ1n) is 11.2. The van der Waals surface area contributed by atoms with Gasteiger partial charge in [0, 0.05) is 29.9 Å². The van der Waals surface area contributed by atoms with Crippen molar-refractivity contribution in [3.05, 3.63) is 72.3 Å². The molecule has 1 aliphatic rings. The van der Waals surface area contributed by atoms with Crippen LogP contribution in [0.25, 0.3) is 5.69 Å². The van der Waals surface area contributed by atoms with Gasteiger partial charge in [-0.1, -0.05) is 26.0 Å². The number of carbonyl (C=O) groups is 2. The third kappa shape index (κ3) is 5.64. The van der Waals surface area contributed by atoms with E-state index in [1.165, 1.54) is 0 Å².